The Morgan fingerprint density at radius 2 is 2.10 bits per heavy atom. The van der Waals surface area contributed by atoms with E-state index >= 15 is 0 Å². The lowest BCUT2D eigenvalue weighted by Crippen LogP contribution is -2.50. The van der Waals surface area contributed by atoms with E-state index in [4.69, 9.17) is 4.99 Å². The molecule has 2 aromatic rings. The molecule has 9 nitrogen and oxygen atoms in total. The van der Waals surface area contributed by atoms with Crippen LogP contribution in [-0.4, -0.2) is 82.7 Å². The van der Waals surface area contributed by atoms with Crippen LogP contribution in [0.1, 0.15) is 29.4 Å². The van der Waals surface area contributed by atoms with Crippen molar-refractivity contribution in [2.45, 2.75) is 38.8 Å². The third-order valence-electron chi connectivity index (χ3n) is 5.59. The van der Waals surface area contributed by atoms with Crippen molar-refractivity contribution >= 4 is 23.2 Å². The van der Waals surface area contributed by atoms with Gasteiger partial charge in [-0.05, 0) is 37.6 Å². The second-order valence-corrected chi connectivity index (χ2v) is 9.16. The van der Waals surface area contributed by atoms with Crippen molar-refractivity contribution in [3.8, 4) is 0 Å². The molecule has 1 fully saturated rings. The Bertz CT molecular complexity index is 853. The summed E-state index contributed by atoms with van der Waals surface area (Å²) in [5.41, 5.74) is 0. The quantitative estimate of drug-likeness (QED) is 0.465. The van der Waals surface area contributed by atoms with Crippen molar-refractivity contribution in [1.82, 2.24) is 35.2 Å². The number of likely N-dealkylation sites (tertiary alicyclic amines) is 1. The molecule has 31 heavy (non-hydrogen) atoms. The number of carbonyl (C=O) groups excluding carboxylic acids is 1. The average Bonchev–Trinajstić information content (AvgIpc) is 3.38. The first-order valence-electron chi connectivity index (χ1n) is 10.8. The van der Waals surface area contributed by atoms with Gasteiger partial charge in [-0.25, -0.2) is 4.99 Å². The summed E-state index contributed by atoms with van der Waals surface area (Å²) in [4.78, 5) is 22.0. The lowest BCUT2D eigenvalue weighted by atomic mass is 10.1. The summed E-state index contributed by atoms with van der Waals surface area (Å²) in [6, 6.07) is 4.57. The maximum atomic E-state index is 12.0. The second-order valence-electron chi connectivity index (χ2n) is 8.13. The van der Waals surface area contributed by atoms with E-state index in [0.29, 0.717) is 19.1 Å². The number of likely N-dealkylation sites (N-methyl/N-ethyl adjacent to an activating group) is 1. The lowest BCUT2D eigenvalue weighted by Gasteiger charge is -2.33. The number of aliphatic imine (C=N–C) groups is 1. The number of amides is 1. The Hall–Kier alpha value is -2.46. The summed E-state index contributed by atoms with van der Waals surface area (Å²) < 4.78 is 1.97. The van der Waals surface area contributed by atoms with Crippen molar-refractivity contribution in [1.29, 1.82) is 0 Å². The summed E-state index contributed by atoms with van der Waals surface area (Å²) in [5.74, 6) is 2.68. The first-order valence-corrected chi connectivity index (χ1v) is 11.6. The Kier molecular flexibility index (Phi) is 8.42. The molecule has 170 valence electrons. The minimum absolute atomic E-state index is 0.155. The third kappa shape index (κ3) is 7.03. The molecule has 0 unspecified atom stereocenters. The zero-order valence-corrected chi connectivity index (χ0v) is 19.8. The number of nitrogens with zero attached hydrogens (tertiary/aromatic N) is 6. The molecular weight excluding hydrogens is 412 g/mol. The number of hydrogen-bond acceptors (Lipinski definition) is 6. The van der Waals surface area contributed by atoms with Gasteiger partial charge in [0.15, 0.2) is 11.8 Å². The van der Waals surface area contributed by atoms with Crippen LogP contribution in [0.4, 0.5) is 0 Å². The van der Waals surface area contributed by atoms with Crippen LogP contribution < -0.4 is 10.6 Å². The van der Waals surface area contributed by atoms with Crippen LogP contribution in [0.15, 0.2) is 22.5 Å². The highest BCUT2D eigenvalue weighted by Gasteiger charge is 2.22. The van der Waals surface area contributed by atoms with Crippen LogP contribution in [-0.2, 0) is 24.8 Å². The number of hydrogen-bond donors (Lipinski definition) is 2. The molecule has 1 aliphatic heterocycles. The van der Waals surface area contributed by atoms with Crippen LogP contribution in [0.3, 0.4) is 0 Å². The minimum atomic E-state index is 0.155. The minimum Gasteiger partial charge on any atom is -0.356 e. The third-order valence-corrected chi connectivity index (χ3v) is 6.53. The fourth-order valence-electron chi connectivity index (χ4n) is 3.41. The molecule has 10 heteroatoms. The fourth-order valence-corrected chi connectivity index (χ4v) is 4.12. The van der Waals surface area contributed by atoms with Gasteiger partial charge in [0.1, 0.15) is 12.4 Å². The number of guanidine groups is 1. The maximum Gasteiger partial charge on any atom is 0.236 e. The van der Waals surface area contributed by atoms with Gasteiger partial charge in [-0.15, -0.1) is 21.5 Å². The van der Waals surface area contributed by atoms with Gasteiger partial charge in [-0.3, -0.25) is 9.69 Å². The fraction of sp³-hybridized carbons (Fsp3) is 0.619. The second kappa shape index (κ2) is 11.2. The number of rotatable bonds is 8. The summed E-state index contributed by atoms with van der Waals surface area (Å²) in [6.07, 6.45) is 2.93. The summed E-state index contributed by atoms with van der Waals surface area (Å²) >= 11 is 1.77. The summed E-state index contributed by atoms with van der Waals surface area (Å²) in [6.45, 7) is 5.53. The van der Waals surface area contributed by atoms with Crippen molar-refractivity contribution in [3.63, 3.8) is 0 Å². The Morgan fingerprint density at radius 1 is 1.32 bits per heavy atom. The summed E-state index contributed by atoms with van der Waals surface area (Å²) in [5, 5.41) is 17.5. The zero-order valence-electron chi connectivity index (χ0n) is 19.0. The molecule has 1 amide bonds. The van der Waals surface area contributed by atoms with E-state index < -0.39 is 0 Å². The Labute approximate surface area is 188 Å². The highest BCUT2D eigenvalue weighted by atomic mass is 32.1. The van der Waals surface area contributed by atoms with E-state index in [9.17, 15) is 4.79 Å². The monoisotopic (exact) mass is 446 g/mol. The molecule has 0 aromatic carbocycles. The summed E-state index contributed by atoms with van der Waals surface area (Å²) in [7, 11) is 5.57. The van der Waals surface area contributed by atoms with E-state index in [1.54, 1.807) is 30.3 Å². The highest BCUT2D eigenvalue weighted by Crippen LogP contribution is 2.11. The van der Waals surface area contributed by atoms with E-state index in [0.717, 1.165) is 56.5 Å². The number of nitrogens with one attached hydrogen (secondary N) is 2. The van der Waals surface area contributed by atoms with Crippen LogP contribution in [0, 0.1) is 6.92 Å². The predicted molar refractivity (Wildman–Crippen MR) is 124 cm³/mol. The van der Waals surface area contributed by atoms with Gasteiger partial charge >= 0.3 is 0 Å². The van der Waals surface area contributed by atoms with Crippen LogP contribution in [0.2, 0.25) is 0 Å². The molecule has 2 aromatic heterocycles. The van der Waals surface area contributed by atoms with Crippen molar-refractivity contribution in [2.24, 2.45) is 12.0 Å². The van der Waals surface area contributed by atoms with Gasteiger partial charge in [0.2, 0.25) is 5.91 Å². The normalized spacial score (nSPS) is 15.8. The van der Waals surface area contributed by atoms with Gasteiger partial charge in [-0.1, -0.05) is 6.07 Å². The Morgan fingerprint density at radius 3 is 2.71 bits per heavy atom. The number of thiophene rings is 1. The smallest absolute Gasteiger partial charge is 0.236 e. The molecule has 3 heterocycles. The number of piperidine rings is 1. The van der Waals surface area contributed by atoms with E-state index in [1.807, 2.05) is 18.5 Å². The molecular formula is C21H34N8OS. The molecule has 0 spiro atoms. The first kappa shape index (κ1) is 23.2. The standard InChI is InChI=1S/C21H34N8OS/c1-16-25-26-19(28(16)4)14-23-21(22-10-7-18-6-5-13-31-18)24-17-8-11-29(12-9-17)15-20(30)27(2)3/h5-6,13,17H,7-12,14-15H2,1-4H3,(H2,22,23,24). The SMILES string of the molecule is Cc1nnc(CN=C(NCCc2cccs2)NC2CCN(CC(=O)N(C)C)CC2)n1C. The largest absolute Gasteiger partial charge is 0.356 e. The van der Waals surface area contributed by atoms with Gasteiger partial charge in [-0.2, -0.15) is 0 Å². The molecule has 2 N–H and O–H groups in total. The number of aryl methyl sites for hydroxylation is 1. The van der Waals surface area contributed by atoms with Crippen molar-refractivity contribution in [3.05, 3.63) is 34.0 Å². The molecule has 0 aliphatic carbocycles. The molecule has 0 radical (unpaired) electrons. The van der Waals surface area contributed by atoms with Crippen molar-refractivity contribution < 1.29 is 4.79 Å². The van der Waals surface area contributed by atoms with Crippen LogP contribution in [0.25, 0.3) is 0 Å². The van der Waals surface area contributed by atoms with E-state index in [2.05, 4.69) is 43.2 Å². The lowest BCUT2D eigenvalue weighted by molar-refractivity contribution is -0.130. The maximum absolute atomic E-state index is 12.0. The predicted octanol–water partition coefficient (Wildman–Crippen LogP) is 1.02. The van der Waals surface area contributed by atoms with Gasteiger partial charge in [0.05, 0.1) is 6.54 Å². The van der Waals surface area contributed by atoms with Crippen LogP contribution >= 0.6 is 11.3 Å². The van der Waals surface area contributed by atoms with Crippen molar-refractivity contribution in [2.75, 3.05) is 40.3 Å². The average molecular weight is 447 g/mol. The molecule has 1 saturated heterocycles. The molecule has 3 rings (SSSR count). The molecule has 1 aliphatic rings. The molecule has 0 atom stereocenters. The van der Waals surface area contributed by atoms with Gasteiger partial charge in [0, 0.05) is 51.7 Å². The zero-order chi connectivity index (χ0) is 22.2. The topological polar surface area (TPSA) is 90.7 Å². The highest BCUT2D eigenvalue weighted by molar-refractivity contribution is 7.09. The molecule has 0 bridgehead atoms. The van der Waals surface area contributed by atoms with E-state index in [1.165, 1.54) is 4.88 Å². The first-order chi connectivity index (χ1) is 14.9. The number of carbonyl (C=O) groups is 1. The van der Waals surface area contributed by atoms with Gasteiger partial charge in [0.25, 0.3) is 0 Å². The number of aromatic nitrogens is 3. The molecule has 0 saturated carbocycles. The Balaban J connectivity index is 1.55. The van der Waals surface area contributed by atoms with E-state index in [-0.39, 0.29) is 5.91 Å². The van der Waals surface area contributed by atoms with Crippen LogP contribution in [0.5, 0.6) is 0 Å². The van der Waals surface area contributed by atoms with Gasteiger partial charge < -0.3 is 20.1 Å².